The number of nitrogens with one attached hydrogen (secondary N) is 1. The number of hydrogen-bond acceptors (Lipinski definition) is 3. The predicted octanol–water partition coefficient (Wildman–Crippen LogP) is 3.06. The fourth-order valence-corrected chi connectivity index (χ4v) is 3.06. The molecule has 3 nitrogen and oxygen atoms in total. The van der Waals surface area contributed by atoms with E-state index in [9.17, 15) is 0 Å². The Labute approximate surface area is 121 Å². The molecular weight excluding hydrogens is 246 g/mol. The van der Waals surface area contributed by atoms with E-state index in [1.165, 1.54) is 11.1 Å². The van der Waals surface area contributed by atoms with Gasteiger partial charge in [0.05, 0.1) is 5.52 Å². The lowest BCUT2D eigenvalue weighted by Gasteiger charge is -2.43. The molecule has 1 aliphatic heterocycles. The number of fused-ring (bicyclic) bond motifs is 1. The first-order chi connectivity index (χ1) is 9.65. The van der Waals surface area contributed by atoms with Crippen LogP contribution >= 0.6 is 0 Å². The number of aromatic nitrogens is 1. The van der Waals surface area contributed by atoms with Crippen LogP contribution in [0.5, 0.6) is 0 Å². The van der Waals surface area contributed by atoms with Gasteiger partial charge in [-0.25, -0.2) is 0 Å². The summed E-state index contributed by atoms with van der Waals surface area (Å²) in [6, 6.07) is 11.9. The molecule has 0 aliphatic carbocycles. The molecule has 1 aromatic carbocycles. The maximum absolute atomic E-state index is 4.41. The minimum atomic E-state index is 0.537. The number of piperazine rings is 1. The normalized spacial score (nSPS) is 23.5. The summed E-state index contributed by atoms with van der Waals surface area (Å²) in [7, 11) is 0. The Balaban J connectivity index is 1.98. The topological polar surface area (TPSA) is 28.2 Å². The van der Waals surface area contributed by atoms with Crippen LogP contribution in [0, 0.1) is 5.92 Å². The molecule has 1 aliphatic rings. The van der Waals surface area contributed by atoms with Crippen molar-refractivity contribution in [3.05, 3.63) is 36.5 Å². The third kappa shape index (κ3) is 2.50. The van der Waals surface area contributed by atoms with Crippen molar-refractivity contribution in [1.82, 2.24) is 10.3 Å². The molecule has 0 spiro atoms. The maximum atomic E-state index is 4.41. The predicted molar refractivity (Wildman–Crippen MR) is 85.2 cm³/mol. The first-order valence-electron chi connectivity index (χ1n) is 7.50. The summed E-state index contributed by atoms with van der Waals surface area (Å²) in [4.78, 5) is 6.96. The van der Waals surface area contributed by atoms with E-state index >= 15 is 0 Å². The van der Waals surface area contributed by atoms with Gasteiger partial charge in [-0.2, -0.15) is 0 Å². The molecule has 2 atom stereocenters. The summed E-state index contributed by atoms with van der Waals surface area (Å²) >= 11 is 0. The zero-order valence-electron chi connectivity index (χ0n) is 12.5. The molecule has 3 heteroatoms. The van der Waals surface area contributed by atoms with Crippen molar-refractivity contribution in [2.75, 3.05) is 18.0 Å². The summed E-state index contributed by atoms with van der Waals surface area (Å²) in [5, 5.41) is 4.82. The van der Waals surface area contributed by atoms with Gasteiger partial charge >= 0.3 is 0 Å². The third-order valence-electron chi connectivity index (χ3n) is 4.23. The maximum Gasteiger partial charge on any atom is 0.0703 e. The van der Waals surface area contributed by atoms with Gasteiger partial charge in [0.15, 0.2) is 0 Å². The first-order valence-corrected chi connectivity index (χ1v) is 7.50. The summed E-state index contributed by atoms with van der Waals surface area (Å²) < 4.78 is 0. The highest BCUT2D eigenvalue weighted by Gasteiger charge is 2.28. The van der Waals surface area contributed by atoms with Crippen molar-refractivity contribution in [2.24, 2.45) is 5.92 Å². The summed E-state index contributed by atoms with van der Waals surface area (Å²) in [5.74, 6) is 0.639. The minimum Gasteiger partial charge on any atom is -0.365 e. The van der Waals surface area contributed by atoms with Gasteiger partial charge in [0.2, 0.25) is 0 Å². The van der Waals surface area contributed by atoms with Crippen molar-refractivity contribution < 1.29 is 0 Å². The van der Waals surface area contributed by atoms with E-state index < -0.39 is 0 Å². The molecule has 2 heterocycles. The average Bonchev–Trinajstić information content (AvgIpc) is 2.46. The van der Waals surface area contributed by atoms with Crippen molar-refractivity contribution in [1.29, 1.82) is 0 Å². The molecule has 1 saturated heterocycles. The molecule has 0 bridgehead atoms. The number of anilines is 1. The Bertz CT molecular complexity index is 594. The molecular formula is C17H23N3. The fourth-order valence-electron chi connectivity index (χ4n) is 3.06. The summed E-state index contributed by atoms with van der Waals surface area (Å²) in [5.41, 5.74) is 2.39. The van der Waals surface area contributed by atoms with Crippen LogP contribution in [0.1, 0.15) is 20.8 Å². The SMILES string of the molecule is CC1CN(c2ccc3ncccc3c2)C(C(C)C)CN1. The van der Waals surface area contributed by atoms with Crippen LogP contribution in [0.15, 0.2) is 36.5 Å². The zero-order valence-corrected chi connectivity index (χ0v) is 12.5. The van der Waals surface area contributed by atoms with Crippen molar-refractivity contribution in [3.8, 4) is 0 Å². The number of hydrogen-bond donors (Lipinski definition) is 1. The molecule has 106 valence electrons. The molecule has 3 rings (SSSR count). The average molecular weight is 269 g/mol. The molecule has 1 fully saturated rings. The highest BCUT2D eigenvalue weighted by atomic mass is 15.2. The Morgan fingerprint density at radius 3 is 2.95 bits per heavy atom. The van der Waals surface area contributed by atoms with Crippen molar-refractivity contribution >= 4 is 16.6 Å². The molecule has 2 aromatic rings. The van der Waals surface area contributed by atoms with E-state index in [1.807, 2.05) is 12.3 Å². The number of rotatable bonds is 2. The van der Waals surface area contributed by atoms with Crippen LogP contribution in [-0.4, -0.2) is 30.2 Å². The van der Waals surface area contributed by atoms with Crippen LogP contribution in [0.3, 0.4) is 0 Å². The summed E-state index contributed by atoms with van der Waals surface area (Å²) in [6.45, 7) is 8.99. The standard InChI is InChI=1S/C17H23N3/c1-12(2)17-10-19-13(3)11-20(17)15-6-7-16-14(9-15)5-4-8-18-16/h4-9,12-13,17,19H,10-11H2,1-3H3. The van der Waals surface area contributed by atoms with E-state index in [0.717, 1.165) is 18.6 Å². The largest absolute Gasteiger partial charge is 0.365 e. The molecule has 1 aromatic heterocycles. The van der Waals surface area contributed by atoms with E-state index in [4.69, 9.17) is 0 Å². The number of benzene rings is 1. The minimum absolute atomic E-state index is 0.537. The highest BCUT2D eigenvalue weighted by Crippen LogP contribution is 2.26. The van der Waals surface area contributed by atoms with Gasteiger partial charge in [-0.1, -0.05) is 19.9 Å². The van der Waals surface area contributed by atoms with E-state index in [1.54, 1.807) is 0 Å². The molecule has 20 heavy (non-hydrogen) atoms. The molecule has 0 amide bonds. The van der Waals surface area contributed by atoms with Crippen LogP contribution < -0.4 is 10.2 Å². The smallest absolute Gasteiger partial charge is 0.0703 e. The highest BCUT2D eigenvalue weighted by molar-refractivity contribution is 5.82. The van der Waals surface area contributed by atoms with Gasteiger partial charge < -0.3 is 10.2 Å². The molecule has 0 radical (unpaired) electrons. The van der Waals surface area contributed by atoms with Gasteiger partial charge in [0.25, 0.3) is 0 Å². The van der Waals surface area contributed by atoms with E-state index in [-0.39, 0.29) is 0 Å². The molecule has 1 N–H and O–H groups in total. The summed E-state index contributed by atoms with van der Waals surface area (Å²) in [6.07, 6.45) is 1.85. The number of nitrogens with zero attached hydrogens (tertiary/aromatic N) is 2. The Hall–Kier alpha value is -1.61. The quantitative estimate of drug-likeness (QED) is 0.908. The van der Waals surface area contributed by atoms with Crippen LogP contribution in [0.25, 0.3) is 10.9 Å². The lowest BCUT2D eigenvalue weighted by molar-refractivity contribution is 0.349. The van der Waals surface area contributed by atoms with Crippen molar-refractivity contribution in [3.63, 3.8) is 0 Å². The second kappa shape index (κ2) is 5.41. The van der Waals surface area contributed by atoms with Gasteiger partial charge in [-0.3, -0.25) is 4.98 Å². The third-order valence-corrected chi connectivity index (χ3v) is 4.23. The lowest BCUT2D eigenvalue weighted by Crippen LogP contribution is -2.57. The Kier molecular flexibility index (Phi) is 3.62. The van der Waals surface area contributed by atoms with Gasteiger partial charge in [-0.05, 0) is 37.1 Å². The monoisotopic (exact) mass is 269 g/mol. The molecule has 0 saturated carbocycles. The van der Waals surface area contributed by atoms with Crippen molar-refractivity contribution in [2.45, 2.75) is 32.9 Å². The lowest BCUT2D eigenvalue weighted by atomic mass is 9.97. The second-order valence-electron chi connectivity index (χ2n) is 6.15. The van der Waals surface area contributed by atoms with Gasteiger partial charge in [0, 0.05) is 42.4 Å². The van der Waals surface area contributed by atoms with Crippen LogP contribution in [0.4, 0.5) is 5.69 Å². The van der Waals surface area contributed by atoms with E-state index in [2.05, 4.69) is 60.2 Å². The first kappa shape index (κ1) is 13.4. The van der Waals surface area contributed by atoms with Gasteiger partial charge in [-0.15, -0.1) is 0 Å². The Morgan fingerprint density at radius 1 is 1.30 bits per heavy atom. The second-order valence-corrected chi connectivity index (χ2v) is 6.15. The molecule has 2 unspecified atom stereocenters. The van der Waals surface area contributed by atoms with Crippen LogP contribution in [-0.2, 0) is 0 Å². The van der Waals surface area contributed by atoms with Crippen LogP contribution in [0.2, 0.25) is 0 Å². The Morgan fingerprint density at radius 2 is 2.15 bits per heavy atom. The zero-order chi connectivity index (χ0) is 14.1. The van der Waals surface area contributed by atoms with Gasteiger partial charge in [0.1, 0.15) is 0 Å². The van der Waals surface area contributed by atoms with E-state index in [0.29, 0.717) is 18.0 Å². The number of pyridine rings is 1. The fraction of sp³-hybridized carbons (Fsp3) is 0.471.